The Hall–Kier alpha value is -2.68. The Kier molecular flexibility index (Phi) is 7.25. The zero-order valence-electron chi connectivity index (χ0n) is 18.5. The van der Waals surface area contributed by atoms with Crippen LogP contribution in [0.2, 0.25) is 0 Å². The van der Waals surface area contributed by atoms with Crippen molar-refractivity contribution in [3.05, 3.63) is 30.0 Å². The fraction of sp³-hybridized carbons (Fsp3) is 0.583. The molecule has 0 radical (unpaired) electrons. The van der Waals surface area contributed by atoms with Crippen molar-refractivity contribution in [2.75, 3.05) is 24.6 Å². The van der Waals surface area contributed by atoms with Gasteiger partial charge in [0.15, 0.2) is 11.7 Å². The first-order valence-corrected chi connectivity index (χ1v) is 11.0. The molecule has 6 nitrogen and oxygen atoms in total. The van der Waals surface area contributed by atoms with Gasteiger partial charge in [-0.1, -0.05) is 52.7 Å². The fourth-order valence-electron chi connectivity index (χ4n) is 4.30. The number of para-hydroxylation sites is 2. The van der Waals surface area contributed by atoms with Crippen molar-refractivity contribution in [2.45, 2.75) is 52.9 Å². The summed E-state index contributed by atoms with van der Waals surface area (Å²) in [5.41, 5.74) is 1.86. The summed E-state index contributed by atoms with van der Waals surface area (Å²) < 4.78 is 5.54. The van der Waals surface area contributed by atoms with Gasteiger partial charge in [-0.05, 0) is 36.3 Å². The summed E-state index contributed by atoms with van der Waals surface area (Å²) in [5.74, 6) is 0.346. The highest BCUT2D eigenvalue weighted by Gasteiger charge is 2.32. The van der Waals surface area contributed by atoms with Crippen molar-refractivity contribution in [2.24, 2.45) is 17.8 Å². The second kappa shape index (κ2) is 9.88. The van der Waals surface area contributed by atoms with Crippen molar-refractivity contribution in [1.82, 2.24) is 9.97 Å². The van der Waals surface area contributed by atoms with Crippen LogP contribution >= 0.6 is 0 Å². The number of rotatable bonds is 7. The number of ether oxygens (including phenoxy) is 1. The minimum absolute atomic E-state index is 0.305. The largest absolute Gasteiger partial charge is 0.464 e. The summed E-state index contributed by atoms with van der Waals surface area (Å²) in [4.78, 5) is 24.7. The molecule has 1 aromatic heterocycles. The predicted octanol–water partition coefficient (Wildman–Crippen LogP) is 4.70. The van der Waals surface area contributed by atoms with Gasteiger partial charge in [-0.3, -0.25) is 4.79 Å². The first-order chi connectivity index (χ1) is 14.5. The number of fused-ring (bicyclic) bond motifs is 1. The second-order valence-electron chi connectivity index (χ2n) is 8.65. The predicted molar refractivity (Wildman–Crippen MR) is 118 cm³/mol. The maximum atomic E-state index is 12.9. The Morgan fingerprint density at radius 2 is 1.77 bits per heavy atom. The van der Waals surface area contributed by atoms with Crippen LogP contribution in [0.4, 0.5) is 5.82 Å². The smallest absolute Gasteiger partial charge is 0.329 e. The molecule has 0 N–H and O–H groups in total. The minimum Gasteiger partial charge on any atom is -0.464 e. The average molecular weight is 409 g/mol. The third kappa shape index (κ3) is 4.89. The summed E-state index contributed by atoms with van der Waals surface area (Å²) >= 11 is 0. The van der Waals surface area contributed by atoms with Crippen LogP contribution in [0.1, 0.15) is 58.6 Å². The normalized spacial score (nSPS) is 20.2. The zero-order chi connectivity index (χ0) is 21.7. The van der Waals surface area contributed by atoms with E-state index in [-0.39, 0.29) is 0 Å². The molecule has 1 fully saturated rings. The van der Waals surface area contributed by atoms with Gasteiger partial charge in [-0.25, -0.2) is 9.97 Å². The number of nitrogens with zero attached hydrogens (tertiary/aromatic N) is 4. The van der Waals surface area contributed by atoms with E-state index in [2.05, 4.69) is 38.7 Å². The molecule has 1 saturated heterocycles. The Bertz CT molecular complexity index is 909. The Labute approximate surface area is 179 Å². The van der Waals surface area contributed by atoms with Crippen LogP contribution in [0.5, 0.6) is 0 Å². The van der Waals surface area contributed by atoms with Crippen LogP contribution in [0.15, 0.2) is 24.3 Å². The molecule has 3 unspecified atom stereocenters. The molecule has 3 rings (SSSR count). The van der Waals surface area contributed by atoms with Crippen LogP contribution < -0.4 is 4.90 Å². The van der Waals surface area contributed by atoms with Gasteiger partial charge in [-0.2, -0.15) is 5.26 Å². The molecule has 2 heterocycles. The first kappa shape index (κ1) is 22.0. The Morgan fingerprint density at radius 3 is 2.33 bits per heavy atom. The number of esters is 1. The summed E-state index contributed by atoms with van der Waals surface area (Å²) in [7, 11) is 0. The molecule has 3 atom stereocenters. The third-order valence-electron chi connectivity index (χ3n) is 6.00. The summed E-state index contributed by atoms with van der Waals surface area (Å²) in [5, 5.41) is 9.89. The number of nitriles is 1. The Morgan fingerprint density at radius 1 is 1.17 bits per heavy atom. The van der Waals surface area contributed by atoms with E-state index in [1.54, 1.807) is 0 Å². The number of aromatic nitrogens is 2. The summed E-state index contributed by atoms with van der Waals surface area (Å²) in [6.45, 7) is 10.6. The van der Waals surface area contributed by atoms with E-state index in [0.29, 0.717) is 41.4 Å². The number of benzene rings is 1. The van der Waals surface area contributed by atoms with Gasteiger partial charge < -0.3 is 9.64 Å². The van der Waals surface area contributed by atoms with E-state index in [1.165, 1.54) is 0 Å². The SMILES string of the molecule is CCC(CC)COC(=O)C(C#N)c1nc2ccccc2nc1N1CC(C)CC(C)C1. The molecule has 0 saturated carbocycles. The minimum atomic E-state index is -1.08. The summed E-state index contributed by atoms with van der Waals surface area (Å²) in [6.07, 6.45) is 3.03. The van der Waals surface area contributed by atoms with Crippen molar-refractivity contribution < 1.29 is 9.53 Å². The number of hydrogen-bond donors (Lipinski definition) is 0. The van der Waals surface area contributed by atoms with E-state index >= 15 is 0 Å². The van der Waals surface area contributed by atoms with Crippen LogP contribution in [0, 0.1) is 29.1 Å². The molecule has 0 aliphatic carbocycles. The molecule has 2 aromatic rings. The van der Waals surface area contributed by atoms with Gasteiger partial charge in [0.1, 0.15) is 5.69 Å². The highest BCUT2D eigenvalue weighted by atomic mass is 16.5. The molecule has 1 aliphatic rings. The van der Waals surface area contributed by atoms with Crippen molar-refractivity contribution in [1.29, 1.82) is 5.26 Å². The lowest BCUT2D eigenvalue weighted by molar-refractivity contribution is -0.145. The van der Waals surface area contributed by atoms with Gasteiger partial charge in [0.05, 0.1) is 23.7 Å². The maximum Gasteiger partial charge on any atom is 0.329 e. The highest BCUT2D eigenvalue weighted by molar-refractivity contribution is 5.85. The number of anilines is 1. The summed E-state index contributed by atoms with van der Waals surface area (Å²) in [6, 6.07) is 9.73. The molecule has 1 aliphatic heterocycles. The number of carbonyl (C=O) groups excluding carboxylic acids is 1. The molecule has 0 bridgehead atoms. The van der Waals surface area contributed by atoms with Crippen molar-refractivity contribution in [3.63, 3.8) is 0 Å². The molecule has 1 aromatic carbocycles. The molecule has 0 spiro atoms. The average Bonchev–Trinajstić information content (AvgIpc) is 2.73. The van der Waals surface area contributed by atoms with Crippen LogP contribution in [-0.4, -0.2) is 35.6 Å². The number of hydrogen-bond acceptors (Lipinski definition) is 6. The van der Waals surface area contributed by atoms with Gasteiger partial charge in [0.25, 0.3) is 0 Å². The lowest BCUT2D eigenvalue weighted by Crippen LogP contribution is -2.40. The van der Waals surface area contributed by atoms with Crippen LogP contribution in [0.25, 0.3) is 11.0 Å². The van der Waals surface area contributed by atoms with Crippen molar-refractivity contribution in [3.8, 4) is 6.07 Å². The second-order valence-corrected chi connectivity index (χ2v) is 8.65. The van der Waals surface area contributed by atoms with Gasteiger partial charge >= 0.3 is 5.97 Å². The molecule has 6 heteroatoms. The maximum absolute atomic E-state index is 12.9. The number of piperidine rings is 1. The number of carbonyl (C=O) groups is 1. The van der Waals surface area contributed by atoms with Crippen LogP contribution in [-0.2, 0) is 9.53 Å². The molecular weight excluding hydrogens is 376 g/mol. The third-order valence-corrected chi connectivity index (χ3v) is 6.00. The van der Waals surface area contributed by atoms with E-state index in [9.17, 15) is 10.1 Å². The van der Waals surface area contributed by atoms with E-state index in [1.807, 2.05) is 24.3 Å². The van der Waals surface area contributed by atoms with Gasteiger partial charge in [0, 0.05) is 13.1 Å². The highest BCUT2D eigenvalue weighted by Crippen LogP contribution is 2.32. The molecule has 160 valence electrons. The Balaban J connectivity index is 1.99. The van der Waals surface area contributed by atoms with E-state index in [4.69, 9.17) is 14.7 Å². The lowest BCUT2D eigenvalue weighted by Gasteiger charge is -2.36. The fourth-order valence-corrected chi connectivity index (χ4v) is 4.30. The molecular formula is C24H32N4O2. The topological polar surface area (TPSA) is 79.1 Å². The lowest BCUT2D eigenvalue weighted by atomic mass is 9.91. The molecule has 0 amide bonds. The van der Waals surface area contributed by atoms with Crippen molar-refractivity contribution >= 4 is 22.8 Å². The quantitative estimate of drug-likeness (QED) is 0.618. The first-order valence-electron chi connectivity index (χ1n) is 11.0. The molecule has 30 heavy (non-hydrogen) atoms. The monoisotopic (exact) mass is 408 g/mol. The van der Waals surface area contributed by atoms with Gasteiger partial charge in [0.2, 0.25) is 0 Å². The standard InChI is InChI=1S/C24H32N4O2/c1-5-18(6-2)15-30-24(29)19(12-25)22-23(28-13-16(3)11-17(4)14-28)27-21-10-8-7-9-20(21)26-22/h7-10,16-19H,5-6,11,13-15H2,1-4H3. The zero-order valence-corrected chi connectivity index (χ0v) is 18.5. The van der Waals surface area contributed by atoms with E-state index in [0.717, 1.165) is 37.9 Å². The van der Waals surface area contributed by atoms with Gasteiger partial charge in [-0.15, -0.1) is 0 Å². The van der Waals surface area contributed by atoms with E-state index < -0.39 is 11.9 Å². The van der Waals surface area contributed by atoms with Crippen LogP contribution in [0.3, 0.4) is 0 Å².